The maximum Gasteiger partial charge on any atom is 0.141 e. The Hall–Kier alpha value is -2.27. The second kappa shape index (κ2) is 7.63. The first-order chi connectivity index (χ1) is 13.5. The highest BCUT2D eigenvalue weighted by Gasteiger charge is 2.27. The van der Waals surface area contributed by atoms with Gasteiger partial charge in [-0.3, -0.25) is 0 Å². The van der Waals surface area contributed by atoms with Gasteiger partial charge in [-0.1, -0.05) is 13.0 Å². The van der Waals surface area contributed by atoms with Crippen molar-refractivity contribution in [2.24, 2.45) is 5.92 Å². The van der Waals surface area contributed by atoms with Gasteiger partial charge in [-0.05, 0) is 83.3 Å². The first-order valence-corrected chi connectivity index (χ1v) is 10.5. The van der Waals surface area contributed by atoms with Gasteiger partial charge in [0.05, 0.1) is 22.3 Å². The molecule has 1 unspecified atom stereocenters. The molecule has 2 aromatic heterocycles. The van der Waals surface area contributed by atoms with Crippen LogP contribution in [0.25, 0.3) is 22.4 Å². The van der Waals surface area contributed by atoms with E-state index in [0.29, 0.717) is 11.8 Å². The molecule has 0 saturated carbocycles. The number of nitrogens with zero attached hydrogens (tertiary/aromatic N) is 4. The quantitative estimate of drug-likeness (QED) is 0.711. The molecule has 5 nitrogen and oxygen atoms in total. The molecule has 1 fully saturated rings. The van der Waals surface area contributed by atoms with E-state index in [-0.39, 0.29) is 0 Å². The zero-order valence-corrected chi connectivity index (χ0v) is 17.7. The van der Waals surface area contributed by atoms with Crippen LogP contribution in [0, 0.1) is 26.7 Å². The van der Waals surface area contributed by atoms with E-state index in [9.17, 15) is 0 Å². The molecule has 4 rings (SSSR count). The van der Waals surface area contributed by atoms with Crippen molar-refractivity contribution in [2.45, 2.75) is 52.9 Å². The largest absolute Gasteiger partial charge is 0.338 e. The fourth-order valence-corrected chi connectivity index (χ4v) is 4.65. The number of H-pyrrole nitrogens is 1. The van der Waals surface area contributed by atoms with Crippen LogP contribution in [-0.2, 0) is 0 Å². The van der Waals surface area contributed by atoms with Gasteiger partial charge >= 0.3 is 0 Å². The molecule has 3 aromatic rings. The Bertz CT molecular complexity index is 982. The molecule has 3 heterocycles. The van der Waals surface area contributed by atoms with Crippen LogP contribution in [0.1, 0.15) is 54.7 Å². The second-order valence-corrected chi connectivity index (χ2v) is 8.45. The number of nitrogens with one attached hydrogen (secondary N) is 1. The minimum absolute atomic E-state index is 0.446. The van der Waals surface area contributed by atoms with E-state index in [2.05, 4.69) is 56.8 Å². The van der Waals surface area contributed by atoms with E-state index in [4.69, 9.17) is 15.0 Å². The van der Waals surface area contributed by atoms with E-state index in [1.165, 1.54) is 37.1 Å². The lowest BCUT2D eigenvalue weighted by Crippen LogP contribution is -2.33. The average molecular weight is 378 g/mol. The summed E-state index contributed by atoms with van der Waals surface area (Å²) in [4.78, 5) is 20.5. The van der Waals surface area contributed by atoms with Crippen molar-refractivity contribution in [3.63, 3.8) is 0 Å². The van der Waals surface area contributed by atoms with Gasteiger partial charge in [-0.2, -0.15) is 0 Å². The van der Waals surface area contributed by atoms with Gasteiger partial charge in [0.2, 0.25) is 0 Å². The van der Waals surface area contributed by atoms with Gasteiger partial charge in [0.15, 0.2) is 0 Å². The maximum absolute atomic E-state index is 4.94. The molecular weight excluding hydrogens is 346 g/mol. The van der Waals surface area contributed by atoms with Crippen LogP contribution in [-0.4, -0.2) is 45.0 Å². The molecule has 0 spiro atoms. The Labute approximate surface area is 167 Å². The molecule has 1 atom stereocenters. The van der Waals surface area contributed by atoms with E-state index < -0.39 is 0 Å². The van der Waals surface area contributed by atoms with Crippen molar-refractivity contribution in [2.75, 3.05) is 20.1 Å². The number of benzene rings is 1. The van der Waals surface area contributed by atoms with Gasteiger partial charge < -0.3 is 9.88 Å². The number of aryl methyl sites for hydroxylation is 3. The van der Waals surface area contributed by atoms with Crippen LogP contribution in [0.5, 0.6) is 0 Å². The van der Waals surface area contributed by atoms with Gasteiger partial charge in [-0.15, -0.1) is 0 Å². The molecule has 28 heavy (non-hydrogen) atoms. The summed E-state index contributed by atoms with van der Waals surface area (Å²) in [6, 6.07) is 4.32. The first kappa shape index (κ1) is 19.1. The lowest BCUT2D eigenvalue weighted by Gasteiger charge is -2.33. The number of likely N-dealkylation sites (tertiary alicyclic amines) is 1. The fraction of sp³-hybridized carbons (Fsp3) is 0.522. The number of rotatable bonds is 4. The van der Waals surface area contributed by atoms with Crippen LogP contribution in [0.3, 0.4) is 0 Å². The van der Waals surface area contributed by atoms with Crippen LogP contribution in [0.2, 0.25) is 0 Å². The van der Waals surface area contributed by atoms with Crippen molar-refractivity contribution in [1.29, 1.82) is 0 Å². The van der Waals surface area contributed by atoms with Crippen LogP contribution < -0.4 is 0 Å². The summed E-state index contributed by atoms with van der Waals surface area (Å²) in [5.74, 6) is 2.99. The lowest BCUT2D eigenvalue weighted by atomic mass is 9.82. The summed E-state index contributed by atoms with van der Waals surface area (Å²) in [5, 5.41) is 0. The van der Waals surface area contributed by atoms with Crippen molar-refractivity contribution < 1.29 is 0 Å². The van der Waals surface area contributed by atoms with Crippen LogP contribution in [0.4, 0.5) is 0 Å². The van der Waals surface area contributed by atoms with E-state index in [1.54, 1.807) is 0 Å². The van der Waals surface area contributed by atoms with Gasteiger partial charge in [0, 0.05) is 12.1 Å². The predicted octanol–water partition coefficient (Wildman–Crippen LogP) is 4.78. The third kappa shape index (κ3) is 3.55. The van der Waals surface area contributed by atoms with Crippen molar-refractivity contribution in [1.82, 2.24) is 24.8 Å². The van der Waals surface area contributed by atoms with E-state index in [0.717, 1.165) is 40.4 Å². The van der Waals surface area contributed by atoms with Crippen molar-refractivity contribution in [3.05, 3.63) is 41.0 Å². The Morgan fingerprint density at radius 3 is 2.57 bits per heavy atom. The van der Waals surface area contributed by atoms with Crippen LogP contribution in [0.15, 0.2) is 18.3 Å². The maximum atomic E-state index is 4.94. The minimum atomic E-state index is 0.446. The van der Waals surface area contributed by atoms with E-state index >= 15 is 0 Å². The Balaban J connectivity index is 1.65. The number of hydrogen-bond acceptors (Lipinski definition) is 4. The number of piperidine rings is 1. The summed E-state index contributed by atoms with van der Waals surface area (Å²) in [6.07, 6.45) is 5.54. The zero-order valence-electron chi connectivity index (χ0n) is 17.7. The lowest BCUT2D eigenvalue weighted by molar-refractivity contribution is 0.193. The summed E-state index contributed by atoms with van der Waals surface area (Å²) in [5.41, 5.74) is 6.55. The highest BCUT2D eigenvalue weighted by atomic mass is 15.1. The molecule has 0 aliphatic carbocycles. The fourth-order valence-electron chi connectivity index (χ4n) is 4.65. The second-order valence-electron chi connectivity index (χ2n) is 8.45. The normalized spacial score (nSPS) is 17.3. The third-order valence-corrected chi connectivity index (χ3v) is 6.28. The molecule has 1 saturated heterocycles. The highest BCUT2D eigenvalue weighted by molar-refractivity contribution is 5.83. The Morgan fingerprint density at radius 2 is 1.89 bits per heavy atom. The van der Waals surface area contributed by atoms with Gasteiger partial charge in [-0.25, -0.2) is 15.0 Å². The smallest absolute Gasteiger partial charge is 0.141 e. The number of imidazole rings is 1. The topological polar surface area (TPSA) is 57.7 Å². The minimum Gasteiger partial charge on any atom is -0.338 e. The van der Waals surface area contributed by atoms with Gasteiger partial charge in [0.1, 0.15) is 11.6 Å². The predicted molar refractivity (Wildman–Crippen MR) is 115 cm³/mol. The molecule has 0 bridgehead atoms. The SMILES string of the molecule is CCC(c1ncc(-c2nc3c(C)cc(C)cc3[nH]2)c(C)n1)C1CCN(C)CC1. The monoisotopic (exact) mass is 377 g/mol. The third-order valence-electron chi connectivity index (χ3n) is 6.28. The number of aromatic amines is 1. The molecule has 5 heteroatoms. The van der Waals surface area contributed by atoms with Crippen LogP contribution >= 0.6 is 0 Å². The Morgan fingerprint density at radius 1 is 1.14 bits per heavy atom. The molecule has 1 aliphatic heterocycles. The molecule has 0 amide bonds. The number of aromatic nitrogens is 4. The molecule has 1 N–H and O–H groups in total. The molecule has 148 valence electrons. The van der Waals surface area contributed by atoms with E-state index in [1.807, 2.05) is 6.20 Å². The molecule has 0 radical (unpaired) electrons. The Kier molecular flexibility index (Phi) is 5.19. The first-order valence-electron chi connectivity index (χ1n) is 10.5. The number of fused-ring (bicyclic) bond motifs is 1. The molecule has 1 aliphatic rings. The summed E-state index contributed by atoms with van der Waals surface area (Å²) in [7, 11) is 2.21. The number of hydrogen-bond donors (Lipinski definition) is 1. The average Bonchev–Trinajstić information content (AvgIpc) is 3.08. The summed E-state index contributed by atoms with van der Waals surface area (Å²) < 4.78 is 0. The molecular formula is C23H31N5. The van der Waals surface area contributed by atoms with Crippen molar-refractivity contribution in [3.8, 4) is 11.4 Å². The zero-order chi connectivity index (χ0) is 19.8. The summed E-state index contributed by atoms with van der Waals surface area (Å²) >= 11 is 0. The molecule has 1 aromatic carbocycles. The highest BCUT2D eigenvalue weighted by Crippen LogP contribution is 2.34. The summed E-state index contributed by atoms with van der Waals surface area (Å²) in [6.45, 7) is 10.9. The standard InChI is InChI=1S/C23H31N5/c1-6-18(17-7-9-28(5)10-8-17)22-24-13-19(16(4)25-22)23-26-20-12-14(2)11-15(3)21(20)27-23/h11-13,17-18H,6-10H2,1-5H3,(H,26,27). The van der Waals surface area contributed by atoms with Gasteiger partial charge in [0.25, 0.3) is 0 Å². The van der Waals surface area contributed by atoms with Crippen molar-refractivity contribution >= 4 is 11.0 Å².